The maximum Gasteiger partial charge on any atom is 0.328 e. The fourth-order valence-electron chi connectivity index (χ4n) is 6.33. The summed E-state index contributed by atoms with van der Waals surface area (Å²) in [5.74, 6) is -4.15. The van der Waals surface area contributed by atoms with E-state index in [1.807, 2.05) is 54.7 Å². The van der Waals surface area contributed by atoms with Crippen LogP contribution in [0.25, 0.3) is 32.9 Å². The fraction of sp³-hybridized carbons (Fsp3) is 0.419. The summed E-state index contributed by atoms with van der Waals surface area (Å²) in [7, 11) is 0. The molecule has 2 aromatic carbocycles. The Morgan fingerprint density at radius 2 is 1.11 bits per heavy atom. The third-order valence-corrected chi connectivity index (χ3v) is 9.17. The number of nitrogens with one attached hydrogen (secondary N) is 4. The van der Waals surface area contributed by atoms with Crippen LogP contribution >= 0.6 is 0 Å². The maximum absolute atomic E-state index is 13.1. The molecule has 6 N–H and O–H groups in total. The molecule has 0 spiro atoms. The number of carbonyl (C=O) groups excluding carboxylic acids is 7. The zero-order valence-corrected chi connectivity index (χ0v) is 34.9. The van der Waals surface area contributed by atoms with Crippen LogP contribution in [0.2, 0.25) is 0 Å². The summed E-state index contributed by atoms with van der Waals surface area (Å²) in [4.78, 5) is 97.1. The second-order valence-corrected chi connectivity index (χ2v) is 14.9. The van der Waals surface area contributed by atoms with Crippen molar-refractivity contribution >= 4 is 75.3 Å². The normalized spacial score (nSPS) is 12.7. The van der Waals surface area contributed by atoms with E-state index >= 15 is 0 Å². The number of hydrogen-bond acceptors (Lipinski definition) is 10. The number of hydrogen-bond donors (Lipinski definition) is 5. The number of H-pyrrole nitrogens is 2. The minimum Gasteiger partial charge on any atom is -0.461 e. The summed E-state index contributed by atoms with van der Waals surface area (Å²) in [5.41, 5.74) is 26.6. The van der Waals surface area contributed by atoms with Crippen LogP contribution in [-0.4, -0.2) is 103 Å². The predicted molar refractivity (Wildman–Crippen MR) is 225 cm³/mol. The van der Waals surface area contributed by atoms with Crippen molar-refractivity contribution in [3.05, 3.63) is 83.1 Å². The fourth-order valence-corrected chi connectivity index (χ4v) is 6.33. The van der Waals surface area contributed by atoms with Gasteiger partial charge in [-0.1, -0.05) is 36.4 Å². The molecular weight excluding hydrogens is 787 g/mol. The lowest BCUT2D eigenvalue weighted by Crippen LogP contribution is -2.50. The number of rotatable bonds is 22. The third kappa shape index (κ3) is 16.0. The largest absolute Gasteiger partial charge is 0.461 e. The second-order valence-electron chi connectivity index (χ2n) is 14.9. The molecule has 4 rings (SSSR count). The first-order valence-corrected chi connectivity index (χ1v) is 19.8. The van der Waals surface area contributed by atoms with Gasteiger partial charge in [0.05, 0.1) is 18.2 Å². The van der Waals surface area contributed by atoms with Crippen molar-refractivity contribution in [3.8, 4) is 0 Å². The van der Waals surface area contributed by atoms with Crippen molar-refractivity contribution in [2.75, 3.05) is 0 Å². The topological polar surface area (TPSA) is 292 Å². The van der Waals surface area contributed by atoms with Crippen LogP contribution in [0.15, 0.2) is 60.9 Å². The van der Waals surface area contributed by atoms with Crippen LogP contribution in [0.5, 0.6) is 0 Å². The lowest BCUT2D eigenvalue weighted by molar-refractivity contribution is -0.152. The van der Waals surface area contributed by atoms with Crippen molar-refractivity contribution in [3.63, 3.8) is 0 Å². The average molecular weight is 840 g/mol. The molecule has 324 valence electrons. The average Bonchev–Trinajstić information content (AvgIpc) is 3.81. The molecule has 0 unspecified atom stereocenters. The number of para-hydroxylation sites is 2. The van der Waals surface area contributed by atoms with Crippen LogP contribution in [0.1, 0.15) is 77.8 Å². The number of ketones is 3. The van der Waals surface area contributed by atoms with Crippen molar-refractivity contribution in [1.82, 2.24) is 20.6 Å². The Balaban J connectivity index is 0.000000327. The Morgan fingerprint density at radius 1 is 0.689 bits per heavy atom. The van der Waals surface area contributed by atoms with Gasteiger partial charge < -0.3 is 51.7 Å². The van der Waals surface area contributed by atoms with Gasteiger partial charge in [0, 0.05) is 59.4 Å². The molecule has 0 saturated carbocycles. The van der Waals surface area contributed by atoms with Crippen molar-refractivity contribution in [2.24, 2.45) is 11.7 Å². The number of benzene rings is 2. The number of esters is 2. The highest BCUT2D eigenvalue weighted by Crippen LogP contribution is 2.23. The van der Waals surface area contributed by atoms with Crippen LogP contribution in [0.3, 0.4) is 0 Å². The molecule has 0 bridgehead atoms. The van der Waals surface area contributed by atoms with E-state index in [0.29, 0.717) is 6.42 Å². The maximum atomic E-state index is 13.1. The highest BCUT2D eigenvalue weighted by Gasteiger charge is 2.30. The van der Waals surface area contributed by atoms with E-state index in [0.717, 1.165) is 45.4 Å². The van der Waals surface area contributed by atoms with Gasteiger partial charge in [-0.2, -0.15) is 9.58 Å². The predicted octanol–water partition coefficient (Wildman–Crippen LogP) is 3.52. The number of Topliss-reactive ketones (excluding diaryl/α,β-unsaturated/α-hetero) is 3. The molecule has 18 nitrogen and oxygen atoms in total. The molecule has 61 heavy (non-hydrogen) atoms. The van der Waals surface area contributed by atoms with E-state index < -0.39 is 65.5 Å². The molecule has 0 radical (unpaired) electrons. The zero-order chi connectivity index (χ0) is 45.1. The third-order valence-electron chi connectivity index (χ3n) is 9.17. The quantitative estimate of drug-likeness (QED) is 0.0332. The van der Waals surface area contributed by atoms with Crippen LogP contribution in [-0.2, 0) is 55.9 Å². The molecule has 2 amide bonds. The van der Waals surface area contributed by atoms with Gasteiger partial charge in [0.15, 0.2) is 0 Å². The van der Waals surface area contributed by atoms with Gasteiger partial charge in [-0.25, -0.2) is 9.59 Å². The molecule has 0 aliphatic rings. The van der Waals surface area contributed by atoms with Gasteiger partial charge >= 0.3 is 24.4 Å². The minimum absolute atomic E-state index is 0.00194. The number of nitrogens with zero attached hydrogens (tertiary/aromatic N) is 4. The Hall–Kier alpha value is -6.87. The second kappa shape index (κ2) is 24.3. The van der Waals surface area contributed by atoms with Crippen molar-refractivity contribution in [1.29, 1.82) is 0 Å². The number of aromatic amines is 2. The summed E-state index contributed by atoms with van der Waals surface area (Å²) in [5, 5.41) is 7.15. The van der Waals surface area contributed by atoms with E-state index in [1.165, 1.54) is 6.92 Å². The number of nitrogens with two attached hydrogens (primary N) is 1. The number of ether oxygens (including phenoxy) is 2. The Bertz CT molecular complexity index is 2280. The molecule has 2 heterocycles. The number of amides is 2. The van der Waals surface area contributed by atoms with Gasteiger partial charge in [-0.15, -0.1) is 0 Å². The van der Waals surface area contributed by atoms with Crippen molar-refractivity contribution < 1.29 is 52.6 Å². The highest BCUT2D eigenvalue weighted by atomic mass is 16.5. The monoisotopic (exact) mass is 839 g/mol. The summed E-state index contributed by atoms with van der Waals surface area (Å²) < 4.78 is 10.4. The molecular formula is C43H53N9O9. The van der Waals surface area contributed by atoms with E-state index in [-0.39, 0.29) is 50.4 Å². The van der Waals surface area contributed by atoms with Crippen LogP contribution in [0, 0.1) is 5.92 Å². The zero-order valence-electron chi connectivity index (χ0n) is 34.9. The first kappa shape index (κ1) is 48.5. The molecule has 4 atom stereocenters. The van der Waals surface area contributed by atoms with Crippen LogP contribution in [0.4, 0.5) is 0 Å². The Kier molecular flexibility index (Phi) is 19.3. The number of fused-ring (bicyclic) bond motifs is 2. The first-order chi connectivity index (χ1) is 29.0. The summed E-state index contributed by atoms with van der Waals surface area (Å²) in [6.45, 7) is 8.13. The van der Waals surface area contributed by atoms with E-state index in [2.05, 4.69) is 30.2 Å². The van der Waals surface area contributed by atoms with Gasteiger partial charge in [0.2, 0.25) is 23.4 Å². The van der Waals surface area contributed by atoms with Crippen molar-refractivity contribution in [2.45, 2.75) is 110 Å². The molecule has 4 aromatic rings. The first-order valence-electron chi connectivity index (χ1n) is 19.8. The lowest BCUT2D eigenvalue weighted by Gasteiger charge is -2.22. The summed E-state index contributed by atoms with van der Waals surface area (Å²) in [6.07, 6.45) is 4.65. The molecule has 0 aliphatic carbocycles. The molecule has 0 saturated heterocycles. The number of aromatic nitrogens is 2. The standard InChI is InChI=1S/C23H28N4O5.C20H25N5O4/c1-14(2)32-23(31)21(9-8-18(29)13-26-24)27-22(30)16(10-15(3)28)11-17-12-25-20-7-5-4-6-19(17)20;1-12(2)29-20(28)18(8-7-14(26)11-24-22)25-19(27)16(21)9-13-10-23-17-6-4-3-5-15(13)17/h4-7,12-14,16,21,25H,8-11H2,1-3H3,(H,27,30);3-6,10-12,16,18,23H,7-9,21H2,1-2H3,(H,25,27)/t16-,21-;16-,18-/m00/s1. The van der Waals surface area contributed by atoms with E-state index in [4.69, 9.17) is 26.3 Å². The van der Waals surface area contributed by atoms with Gasteiger partial charge in [-0.3, -0.25) is 19.2 Å². The number of carbonyl (C=O) groups is 7. The molecule has 18 heteroatoms. The van der Waals surface area contributed by atoms with E-state index in [1.54, 1.807) is 33.9 Å². The molecule has 2 aromatic heterocycles. The van der Waals surface area contributed by atoms with Crippen LogP contribution < -0.4 is 16.4 Å². The van der Waals surface area contributed by atoms with Gasteiger partial charge in [0.1, 0.15) is 17.9 Å². The Morgan fingerprint density at radius 3 is 1.54 bits per heavy atom. The van der Waals surface area contributed by atoms with Gasteiger partial charge in [0.25, 0.3) is 0 Å². The molecule has 0 aliphatic heterocycles. The lowest BCUT2D eigenvalue weighted by atomic mass is 9.93. The summed E-state index contributed by atoms with van der Waals surface area (Å²) >= 11 is 0. The van der Waals surface area contributed by atoms with Gasteiger partial charge in [-0.05, 0) is 83.6 Å². The smallest absolute Gasteiger partial charge is 0.328 e. The highest BCUT2D eigenvalue weighted by molar-refractivity contribution is 6.25. The molecule has 0 fully saturated rings. The SMILES string of the molecule is CC(=O)C[C@@H](Cc1c[nH]c2ccccc12)C(=O)N[C@@H](CCC(=O)C=[N+]=[N-])C(=O)OC(C)C.CC(C)OC(=O)[C@H](CCC(=O)C=[N+]=[N-])NC(=O)[C@@H](N)Cc1c[nH]c2ccccc12. The van der Waals surface area contributed by atoms with E-state index in [9.17, 15) is 33.6 Å². The summed E-state index contributed by atoms with van der Waals surface area (Å²) in [6, 6.07) is 12.3. The Labute approximate surface area is 352 Å². The minimum atomic E-state index is -1.07.